The molecule has 3 heterocycles. The van der Waals surface area contributed by atoms with Gasteiger partial charge in [0, 0.05) is 28.0 Å². The van der Waals surface area contributed by atoms with Gasteiger partial charge in [0.15, 0.2) is 11.5 Å². The number of ether oxygens (including phenoxy) is 2. The van der Waals surface area contributed by atoms with Crippen molar-refractivity contribution in [3.63, 3.8) is 0 Å². The third-order valence-corrected chi connectivity index (χ3v) is 6.76. The Hall–Kier alpha value is -2.59. The van der Waals surface area contributed by atoms with E-state index in [1.54, 1.807) is 18.4 Å². The maximum atomic E-state index is 6.32. The van der Waals surface area contributed by atoms with Crippen LogP contribution in [0.1, 0.15) is 49.9 Å². The number of thiophene rings is 1. The molecule has 2 aromatic carbocycles. The predicted octanol–water partition coefficient (Wildman–Crippen LogP) is 6.31. The molecule has 2 aliphatic heterocycles. The summed E-state index contributed by atoms with van der Waals surface area (Å²) in [5, 5.41) is 2.12. The second-order valence-electron chi connectivity index (χ2n) is 9.47. The number of benzene rings is 2. The molecule has 4 heteroatoms. The third-order valence-electron chi connectivity index (χ3n) is 5.84. The summed E-state index contributed by atoms with van der Waals surface area (Å²) in [7, 11) is 1.73. The van der Waals surface area contributed by atoms with E-state index in [1.165, 1.54) is 27.1 Å². The molecule has 5 rings (SSSR count). The molecular weight excluding hydrogens is 390 g/mol. The SMILES string of the molecule is COc1cc2c(c3c1OC(C)(C)C3)C(c1cccc(-c3cccs3)c1)=NC(C)(C)C2. The molecular formula is C26H27NO2S. The van der Waals surface area contributed by atoms with Gasteiger partial charge in [-0.3, -0.25) is 4.99 Å². The second-order valence-corrected chi connectivity index (χ2v) is 10.4. The summed E-state index contributed by atoms with van der Waals surface area (Å²) >= 11 is 1.77. The molecule has 0 unspecified atom stereocenters. The highest BCUT2D eigenvalue weighted by Crippen LogP contribution is 2.48. The third kappa shape index (κ3) is 3.24. The lowest BCUT2D eigenvalue weighted by Crippen LogP contribution is -2.30. The summed E-state index contributed by atoms with van der Waals surface area (Å²) in [6.45, 7) is 8.69. The molecule has 0 saturated carbocycles. The highest BCUT2D eigenvalue weighted by atomic mass is 32.1. The average molecular weight is 418 g/mol. The van der Waals surface area contributed by atoms with E-state index < -0.39 is 0 Å². The van der Waals surface area contributed by atoms with Gasteiger partial charge in [-0.15, -0.1) is 11.3 Å². The zero-order chi connectivity index (χ0) is 21.1. The standard InChI is InChI=1S/C26H27NO2S/c1-25(2)14-18-13-20(28-5)24-19(15-26(3,4)29-24)22(18)23(27-25)17-9-6-8-16(12-17)21-10-7-11-30-21/h6-13H,14-15H2,1-5H3. The quantitative estimate of drug-likeness (QED) is 0.500. The van der Waals surface area contributed by atoms with Crippen molar-refractivity contribution >= 4 is 17.0 Å². The van der Waals surface area contributed by atoms with Crippen LogP contribution in [0.4, 0.5) is 0 Å². The molecule has 30 heavy (non-hydrogen) atoms. The number of rotatable bonds is 3. The van der Waals surface area contributed by atoms with E-state index >= 15 is 0 Å². The van der Waals surface area contributed by atoms with Crippen LogP contribution in [0.3, 0.4) is 0 Å². The summed E-state index contributed by atoms with van der Waals surface area (Å²) in [6, 6.07) is 15.2. The fourth-order valence-electron chi connectivity index (χ4n) is 4.69. The number of nitrogens with zero attached hydrogens (tertiary/aromatic N) is 1. The fraction of sp³-hybridized carbons (Fsp3) is 0.346. The largest absolute Gasteiger partial charge is 0.493 e. The lowest BCUT2D eigenvalue weighted by atomic mass is 9.80. The van der Waals surface area contributed by atoms with Gasteiger partial charge in [-0.2, -0.15) is 0 Å². The molecule has 0 aliphatic carbocycles. The molecule has 0 fully saturated rings. The van der Waals surface area contributed by atoms with Gasteiger partial charge in [0.25, 0.3) is 0 Å². The minimum atomic E-state index is -0.248. The van der Waals surface area contributed by atoms with Gasteiger partial charge in [0.2, 0.25) is 0 Å². The molecule has 3 nitrogen and oxygen atoms in total. The molecule has 1 aromatic heterocycles. The Morgan fingerprint density at radius 3 is 2.53 bits per heavy atom. The van der Waals surface area contributed by atoms with Crippen LogP contribution in [-0.4, -0.2) is 24.0 Å². The zero-order valence-electron chi connectivity index (χ0n) is 18.2. The monoisotopic (exact) mass is 417 g/mol. The molecule has 0 N–H and O–H groups in total. The van der Waals surface area contributed by atoms with Crippen molar-refractivity contribution in [2.24, 2.45) is 4.99 Å². The Morgan fingerprint density at radius 1 is 1.00 bits per heavy atom. The molecule has 0 atom stereocenters. The Bertz CT molecular complexity index is 1160. The Labute approximate surface area is 182 Å². The first kappa shape index (κ1) is 19.4. The molecule has 0 bridgehead atoms. The first-order valence-electron chi connectivity index (χ1n) is 10.4. The summed E-state index contributed by atoms with van der Waals surface area (Å²) in [6.07, 6.45) is 1.74. The zero-order valence-corrected chi connectivity index (χ0v) is 19.0. The smallest absolute Gasteiger partial charge is 0.166 e. The van der Waals surface area contributed by atoms with Gasteiger partial charge >= 0.3 is 0 Å². The highest BCUT2D eigenvalue weighted by molar-refractivity contribution is 7.13. The van der Waals surface area contributed by atoms with E-state index in [2.05, 4.69) is 75.5 Å². The number of hydrogen-bond acceptors (Lipinski definition) is 4. The lowest BCUT2D eigenvalue weighted by molar-refractivity contribution is 0.134. The van der Waals surface area contributed by atoms with Gasteiger partial charge < -0.3 is 9.47 Å². The van der Waals surface area contributed by atoms with Gasteiger partial charge in [0.1, 0.15) is 5.60 Å². The van der Waals surface area contributed by atoms with Crippen LogP contribution in [-0.2, 0) is 12.8 Å². The molecule has 3 aromatic rings. The fourth-order valence-corrected chi connectivity index (χ4v) is 5.42. The Kier molecular flexibility index (Phi) is 4.33. The van der Waals surface area contributed by atoms with Crippen molar-refractivity contribution in [2.75, 3.05) is 7.11 Å². The van der Waals surface area contributed by atoms with E-state index in [-0.39, 0.29) is 11.1 Å². The second kappa shape index (κ2) is 6.71. The topological polar surface area (TPSA) is 30.8 Å². The van der Waals surface area contributed by atoms with E-state index in [9.17, 15) is 0 Å². The van der Waals surface area contributed by atoms with Crippen molar-refractivity contribution in [2.45, 2.75) is 51.7 Å². The number of hydrogen-bond donors (Lipinski definition) is 0. The molecule has 2 aliphatic rings. The lowest BCUT2D eigenvalue weighted by Gasteiger charge is -2.31. The van der Waals surface area contributed by atoms with E-state index in [0.717, 1.165) is 35.6 Å². The van der Waals surface area contributed by atoms with Crippen molar-refractivity contribution in [1.29, 1.82) is 0 Å². The maximum Gasteiger partial charge on any atom is 0.166 e. The summed E-state index contributed by atoms with van der Waals surface area (Å²) < 4.78 is 12.1. The summed E-state index contributed by atoms with van der Waals surface area (Å²) in [4.78, 5) is 6.53. The van der Waals surface area contributed by atoms with E-state index in [0.29, 0.717) is 0 Å². The van der Waals surface area contributed by atoms with Crippen LogP contribution in [0.2, 0.25) is 0 Å². The summed E-state index contributed by atoms with van der Waals surface area (Å²) in [5.41, 5.74) is 6.80. The number of aliphatic imine (C=N–C) groups is 1. The van der Waals surface area contributed by atoms with Crippen molar-refractivity contribution in [3.8, 4) is 21.9 Å². The van der Waals surface area contributed by atoms with E-state index in [1.807, 2.05) is 0 Å². The Balaban J connectivity index is 1.73. The molecule has 0 saturated heterocycles. The van der Waals surface area contributed by atoms with Gasteiger partial charge in [-0.05, 0) is 68.8 Å². The normalized spacial score (nSPS) is 18.2. The van der Waals surface area contributed by atoms with Gasteiger partial charge in [-0.25, -0.2) is 0 Å². The van der Waals surface area contributed by atoms with Crippen LogP contribution in [0.5, 0.6) is 11.5 Å². The molecule has 0 spiro atoms. The van der Waals surface area contributed by atoms with Gasteiger partial charge in [0.05, 0.1) is 18.4 Å². The maximum absolute atomic E-state index is 6.32. The average Bonchev–Trinajstić information content (AvgIpc) is 3.33. The van der Waals surface area contributed by atoms with Crippen molar-refractivity contribution in [1.82, 2.24) is 0 Å². The first-order chi connectivity index (χ1) is 14.3. The minimum absolute atomic E-state index is 0.171. The predicted molar refractivity (Wildman–Crippen MR) is 125 cm³/mol. The van der Waals surface area contributed by atoms with Crippen LogP contribution in [0, 0.1) is 0 Å². The molecule has 154 valence electrons. The van der Waals surface area contributed by atoms with E-state index in [4.69, 9.17) is 14.5 Å². The van der Waals surface area contributed by atoms with Crippen LogP contribution < -0.4 is 9.47 Å². The van der Waals surface area contributed by atoms with Gasteiger partial charge in [-0.1, -0.05) is 24.3 Å². The van der Waals surface area contributed by atoms with Crippen molar-refractivity contribution in [3.05, 3.63) is 70.1 Å². The van der Waals surface area contributed by atoms with Crippen LogP contribution in [0.25, 0.3) is 10.4 Å². The summed E-state index contributed by atoms with van der Waals surface area (Å²) in [5.74, 6) is 1.71. The van der Waals surface area contributed by atoms with Crippen LogP contribution >= 0.6 is 11.3 Å². The number of methoxy groups -OCH3 is 1. The number of fused-ring (bicyclic) bond motifs is 3. The minimum Gasteiger partial charge on any atom is -0.493 e. The highest BCUT2D eigenvalue weighted by Gasteiger charge is 2.39. The molecule has 0 amide bonds. The van der Waals surface area contributed by atoms with Crippen LogP contribution in [0.15, 0.2) is 52.8 Å². The van der Waals surface area contributed by atoms with Crippen molar-refractivity contribution < 1.29 is 9.47 Å². The first-order valence-corrected chi connectivity index (χ1v) is 11.3. The molecule has 0 radical (unpaired) electrons. The Morgan fingerprint density at radius 2 is 1.80 bits per heavy atom.